The molecule has 1 amide bonds. The van der Waals surface area contributed by atoms with Crippen molar-refractivity contribution in [2.45, 2.75) is 27.2 Å². The Morgan fingerprint density at radius 2 is 1.95 bits per heavy atom. The predicted octanol–water partition coefficient (Wildman–Crippen LogP) is 2.29. The molecule has 1 aliphatic rings. The lowest BCUT2D eigenvalue weighted by molar-refractivity contribution is -0.148. The average Bonchev–Trinajstić information content (AvgIpc) is 3.14. The van der Waals surface area contributed by atoms with E-state index >= 15 is 0 Å². The van der Waals surface area contributed by atoms with Gasteiger partial charge in [0, 0.05) is 4.88 Å². The number of esters is 2. The summed E-state index contributed by atoms with van der Waals surface area (Å²) in [6, 6.07) is 0. The van der Waals surface area contributed by atoms with Gasteiger partial charge >= 0.3 is 11.9 Å². The fourth-order valence-corrected chi connectivity index (χ4v) is 3.18. The van der Waals surface area contributed by atoms with Crippen molar-refractivity contribution in [3.63, 3.8) is 0 Å². The van der Waals surface area contributed by atoms with Gasteiger partial charge < -0.3 is 14.8 Å². The molecule has 7 heteroatoms. The highest BCUT2D eigenvalue weighted by Gasteiger charge is 2.40. The number of thiophene rings is 1. The smallest absolute Gasteiger partial charge is 0.341 e. The predicted molar refractivity (Wildman–Crippen MR) is 82.0 cm³/mol. The van der Waals surface area contributed by atoms with Gasteiger partial charge in [-0.3, -0.25) is 9.59 Å². The quantitative estimate of drug-likeness (QED) is 0.840. The lowest BCUT2D eigenvalue weighted by Crippen LogP contribution is -2.22. The molecule has 0 aromatic carbocycles. The highest BCUT2D eigenvalue weighted by atomic mass is 32.1. The lowest BCUT2D eigenvalue weighted by atomic mass is 10.1. The van der Waals surface area contributed by atoms with Gasteiger partial charge in [-0.15, -0.1) is 11.3 Å². The summed E-state index contributed by atoms with van der Waals surface area (Å²) < 4.78 is 9.71. The van der Waals surface area contributed by atoms with Crippen LogP contribution < -0.4 is 5.32 Å². The molecule has 0 bridgehead atoms. The van der Waals surface area contributed by atoms with Crippen molar-refractivity contribution >= 4 is 34.2 Å². The number of carbonyl (C=O) groups is 3. The zero-order valence-electron chi connectivity index (χ0n) is 13.0. The van der Waals surface area contributed by atoms with Crippen LogP contribution in [0.2, 0.25) is 0 Å². The summed E-state index contributed by atoms with van der Waals surface area (Å²) >= 11 is 1.29. The number of amides is 1. The van der Waals surface area contributed by atoms with Crippen molar-refractivity contribution in [2.75, 3.05) is 19.0 Å². The monoisotopic (exact) mass is 325 g/mol. The maximum Gasteiger partial charge on any atom is 0.341 e. The number of aryl methyl sites for hydroxylation is 1. The molecule has 1 aliphatic carbocycles. The van der Waals surface area contributed by atoms with Crippen LogP contribution in [0.3, 0.4) is 0 Å². The zero-order valence-corrected chi connectivity index (χ0v) is 13.8. The Labute approximate surface area is 132 Å². The molecule has 0 aliphatic heterocycles. The second kappa shape index (κ2) is 6.48. The number of ether oxygens (including phenoxy) is 2. The maximum absolute atomic E-state index is 11.9. The molecule has 1 N–H and O–H groups in total. The first-order chi connectivity index (χ1) is 10.3. The minimum atomic E-state index is -0.499. The Morgan fingerprint density at radius 1 is 1.32 bits per heavy atom. The topological polar surface area (TPSA) is 81.7 Å². The van der Waals surface area contributed by atoms with Gasteiger partial charge in [0.25, 0.3) is 5.91 Å². The summed E-state index contributed by atoms with van der Waals surface area (Å²) in [4.78, 5) is 36.2. The molecule has 0 radical (unpaired) electrons. The number of hydrogen-bond donors (Lipinski definition) is 1. The van der Waals surface area contributed by atoms with Crippen molar-refractivity contribution in [2.24, 2.45) is 11.8 Å². The molecule has 1 aromatic heterocycles. The largest absolute Gasteiger partial charge is 0.465 e. The van der Waals surface area contributed by atoms with E-state index in [4.69, 9.17) is 9.47 Å². The summed E-state index contributed by atoms with van der Waals surface area (Å²) in [5, 5.41) is 3.03. The number of hydrogen-bond acceptors (Lipinski definition) is 6. The van der Waals surface area contributed by atoms with Crippen LogP contribution in [0.25, 0.3) is 0 Å². The Morgan fingerprint density at radius 3 is 2.50 bits per heavy atom. The fraction of sp³-hybridized carbons (Fsp3) is 0.533. The Kier molecular flexibility index (Phi) is 4.85. The molecule has 1 fully saturated rings. The number of rotatable bonds is 5. The minimum Gasteiger partial charge on any atom is -0.465 e. The molecule has 0 saturated heterocycles. The molecule has 22 heavy (non-hydrogen) atoms. The third-order valence-corrected chi connectivity index (χ3v) is 4.91. The second-order valence-electron chi connectivity index (χ2n) is 5.45. The van der Waals surface area contributed by atoms with Gasteiger partial charge in [0.1, 0.15) is 5.00 Å². The van der Waals surface area contributed by atoms with Gasteiger partial charge in [-0.2, -0.15) is 0 Å². The van der Waals surface area contributed by atoms with Crippen molar-refractivity contribution < 1.29 is 23.9 Å². The van der Waals surface area contributed by atoms with Crippen LogP contribution in [0, 0.1) is 25.7 Å². The minimum absolute atomic E-state index is 0.0790. The van der Waals surface area contributed by atoms with Gasteiger partial charge in [0.15, 0.2) is 6.61 Å². The normalized spacial score (nSPS) is 19.5. The van der Waals surface area contributed by atoms with Crippen LogP contribution in [-0.4, -0.2) is 31.6 Å². The van der Waals surface area contributed by atoms with Crippen LogP contribution in [0.4, 0.5) is 5.00 Å². The molecule has 0 spiro atoms. The molecular formula is C15H19NO5S. The Balaban J connectivity index is 1.98. The van der Waals surface area contributed by atoms with E-state index in [1.165, 1.54) is 18.4 Å². The second-order valence-corrected chi connectivity index (χ2v) is 6.68. The highest BCUT2D eigenvalue weighted by molar-refractivity contribution is 7.16. The van der Waals surface area contributed by atoms with E-state index in [9.17, 15) is 14.4 Å². The van der Waals surface area contributed by atoms with Crippen LogP contribution in [0.15, 0.2) is 0 Å². The third-order valence-electron chi connectivity index (χ3n) is 3.79. The molecule has 1 aromatic rings. The first-order valence-electron chi connectivity index (χ1n) is 7.00. The summed E-state index contributed by atoms with van der Waals surface area (Å²) in [6.07, 6.45) is 0.816. The van der Waals surface area contributed by atoms with Crippen LogP contribution in [-0.2, 0) is 19.1 Å². The van der Waals surface area contributed by atoms with Crippen molar-refractivity contribution in [3.05, 3.63) is 16.0 Å². The van der Waals surface area contributed by atoms with Crippen molar-refractivity contribution in [1.82, 2.24) is 0 Å². The summed E-state index contributed by atoms with van der Waals surface area (Å²) in [5.74, 6) is -1.04. The summed E-state index contributed by atoms with van der Waals surface area (Å²) in [5.41, 5.74) is 1.12. The molecule has 120 valence electrons. The number of carbonyl (C=O) groups excluding carboxylic acids is 3. The number of anilines is 1. The molecule has 1 saturated carbocycles. The van der Waals surface area contributed by atoms with Crippen LogP contribution in [0.1, 0.15) is 34.1 Å². The SMILES string of the molecule is COC(=O)c1c(NC(=O)COC(=O)[C@H]2C[C@@H]2C)sc(C)c1C. The molecule has 2 atom stereocenters. The number of methoxy groups -OCH3 is 1. The molecule has 2 rings (SSSR count). The van der Waals surface area contributed by atoms with Gasteiger partial charge in [-0.05, 0) is 31.7 Å². The average molecular weight is 325 g/mol. The molecule has 0 unspecified atom stereocenters. The van der Waals surface area contributed by atoms with Gasteiger partial charge in [0.2, 0.25) is 0 Å². The van der Waals surface area contributed by atoms with Crippen LogP contribution >= 0.6 is 11.3 Å². The van der Waals surface area contributed by atoms with E-state index in [-0.39, 0.29) is 18.5 Å². The van der Waals surface area contributed by atoms with E-state index in [2.05, 4.69) is 5.32 Å². The van der Waals surface area contributed by atoms with Crippen molar-refractivity contribution in [1.29, 1.82) is 0 Å². The first-order valence-corrected chi connectivity index (χ1v) is 7.81. The van der Waals surface area contributed by atoms with Crippen molar-refractivity contribution in [3.8, 4) is 0 Å². The zero-order chi connectivity index (χ0) is 16.4. The number of nitrogens with one attached hydrogen (secondary N) is 1. The van der Waals surface area contributed by atoms with Gasteiger partial charge in [-0.25, -0.2) is 4.79 Å². The standard InChI is InChI=1S/C15H19NO5S/c1-7-5-10(7)14(18)21-6-11(17)16-13-12(15(19)20-4)8(2)9(3)22-13/h7,10H,5-6H2,1-4H3,(H,16,17)/t7-,10-/m0/s1. The van der Waals surface area contributed by atoms with E-state index in [1.54, 1.807) is 6.92 Å². The van der Waals surface area contributed by atoms with Gasteiger partial charge in [-0.1, -0.05) is 6.92 Å². The summed E-state index contributed by atoms with van der Waals surface area (Å²) in [6.45, 7) is 5.27. The fourth-order valence-electron chi connectivity index (χ4n) is 2.12. The van der Waals surface area contributed by atoms with E-state index < -0.39 is 11.9 Å². The highest BCUT2D eigenvalue weighted by Crippen LogP contribution is 2.38. The molecular weight excluding hydrogens is 306 g/mol. The Bertz CT molecular complexity index is 622. The molecule has 6 nitrogen and oxygen atoms in total. The maximum atomic E-state index is 11.9. The van der Waals surface area contributed by atoms with E-state index in [0.717, 1.165) is 16.9 Å². The van der Waals surface area contributed by atoms with Crippen LogP contribution in [0.5, 0.6) is 0 Å². The summed E-state index contributed by atoms with van der Waals surface area (Å²) in [7, 11) is 1.29. The Hall–Kier alpha value is -1.89. The van der Waals surface area contributed by atoms with Gasteiger partial charge in [0.05, 0.1) is 18.6 Å². The van der Waals surface area contributed by atoms with E-state index in [0.29, 0.717) is 16.5 Å². The van der Waals surface area contributed by atoms with E-state index in [1.807, 2.05) is 13.8 Å². The molecule has 1 heterocycles. The lowest BCUT2D eigenvalue weighted by Gasteiger charge is -2.07. The third kappa shape index (κ3) is 3.47. The first kappa shape index (κ1) is 16.5.